The minimum Gasteiger partial charge on any atom is -0.320 e. The Balaban J connectivity index is 1.54. The number of sulfonamides is 1. The molecule has 1 N–H and O–H groups in total. The second kappa shape index (κ2) is 9.53. The van der Waals surface area contributed by atoms with Crippen LogP contribution < -0.4 is 9.62 Å². The molecule has 168 valence electrons. The quantitative estimate of drug-likeness (QED) is 0.546. The third kappa shape index (κ3) is 5.11. The fourth-order valence-electron chi connectivity index (χ4n) is 3.73. The van der Waals surface area contributed by atoms with E-state index in [1.807, 2.05) is 12.1 Å². The van der Waals surface area contributed by atoms with E-state index >= 15 is 0 Å². The van der Waals surface area contributed by atoms with Crippen molar-refractivity contribution in [1.29, 1.82) is 5.26 Å². The van der Waals surface area contributed by atoms with E-state index in [1.54, 1.807) is 58.3 Å². The van der Waals surface area contributed by atoms with Crippen LogP contribution in [0.15, 0.2) is 77.7 Å². The lowest BCUT2D eigenvalue weighted by atomic mass is 10.1. The van der Waals surface area contributed by atoms with Gasteiger partial charge < -0.3 is 4.90 Å². The molecule has 33 heavy (non-hydrogen) atoms. The smallest absolute Gasteiger partial charge is 0.320 e. The molecule has 0 unspecified atom stereocenters. The zero-order chi connectivity index (χ0) is 23.4. The molecule has 9 heteroatoms. The Morgan fingerprint density at radius 2 is 1.79 bits per heavy atom. The average molecular weight is 481 g/mol. The monoisotopic (exact) mass is 480 g/mol. The van der Waals surface area contributed by atoms with Crippen molar-refractivity contribution in [3.8, 4) is 6.07 Å². The average Bonchev–Trinajstić information content (AvgIpc) is 2.81. The van der Waals surface area contributed by atoms with Crippen molar-refractivity contribution in [3.63, 3.8) is 0 Å². The van der Waals surface area contributed by atoms with Gasteiger partial charge in [0.05, 0.1) is 22.2 Å². The number of nitriles is 1. The minimum absolute atomic E-state index is 0.0526. The van der Waals surface area contributed by atoms with Crippen LogP contribution in [-0.4, -0.2) is 32.4 Å². The molecule has 0 aromatic heterocycles. The zero-order valence-corrected chi connectivity index (χ0v) is 19.2. The number of urea groups is 1. The van der Waals surface area contributed by atoms with Crippen molar-refractivity contribution < 1.29 is 13.2 Å². The highest BCUT2D eigenvalue weighted by atomic mass is 35.5. The van der Waals surface area contributed by atoms with Crippen LogP contribution in [0.5, 0.6) is 0 Å². The first kappa shape index (κ1) is 22.6. The number of carbonyl (C=O) groups excluding carboxylic acids is 1. The summed E-state index contributed by atoms with van der Waals surface area (Å²) in [7, 11) is -3.83. The molecular weight excluding hydrogens is 460 g/mol. The third-order valence-electron chi connectivity index (χ3n) is 5.33. The predicted molar refractivity (Wildman–Crippen MR) is 128 cm³/mol. The molecule has 3 aromatic rings. The molecule has 0 radical (unpaired) electrons. The van der Waals surface area contributed by atoms with Crippen LogP contribution in [0.3, 0.4) is 0 Å². The standard InChI is InChI=1S/C24H21ClN4O3S/c25-20-8-3-11-23(14-20)33(31,32)27-21-9-4-10-22(15-21)29-13-5-12-28(24(29)30)17-19-7-2-1-6-18(19)16-26/h1-4,6-11,14-15,27H,5,12-13,17H2. The van der Waals surface area contributed by atoms with Gasteiger partial charge in [0.25, 0.3) is 10.0 Å². The van der Waals surface area contributed by atoms with E-state index in [1.165, 1.54) is 12.1 Å². The molecular formula is C24H21ClN4O3S. The summed E-state index contributed by atoms with van der Waals surface area (Å²) in [5.41, 5.74) is 2.26. The number of nitrogens with zero attached hydrogens (tertiary/aromatic N) is 3. The van der Waals surface area contributed by atoms with Gasteiger partial charge in [-0.1, -0.05) is 41.9 Å². The maximum absolute atomic E-state index is 13.2. The summed E-state index contributed by atoms with van der Waals surface area (Å²) in [6, 6.07) is 21.9. The zero-order valence-electron chi connectivity index (χ0n) is 17.6. The summed E-state index contributed by atoms with van der Waals surface area (Å²) in [4.78, 5) is 16.6. The Hall–Kier alpha value is -3.54. The van der Waals surface area contributed by atoms with Crippen LogP contribution in [0.25, 0.3) is 0 Å². The van der Waals surface area contributed by atoms with Crippen molar-refractivity contribution in [2.45, 2.75) is 17.9 Å². The van der Waals surface area contributed by atoms with E-state index in [0.29, 0.717) is 41.6 Å². The Morgan fingerprint density at radius 3 is 2.58 bits per heavy atom. The van der Waals surface area contributed by atoms with E-state index < -0.39 is 10.0 Å². The normalized spacial score (nSPS) is 14.1. The number of carbonyl (C=O) groups is 1. The van der Waals surface area contributed by atoms with Crippen LogP contribution in [0.2, 0.25) is 5.02 Å². The molecule has 0 saturated carbocycles. The second-order valence-corrected chi connectivity index (χ2v) is 9.71. The molecule has 1 aliphatic heterocycles. The Bertz CT molecular complexity index is 1340. The van der Waals surface area contributed by atoms with Gasteiger partial charge in [-0.25, -0.2) is 13.2 Å². The fraction of sp³-hybridized carbons (Fsp3) is 0.167. The summed E-state index contributed by atoms with van der Waals surface area (Å²) in [5, 5.41) is 9.66. The van der Waals surface area contributed by atoms with Crippen LogP contribution in [0.1, 0.15) is 17.5 Å². The number of amides is 2. The van der Waals surface area contributed by atoms with Crippen LogP contribution in [0.4, 0.5) is 16.2 Å². The fourth-order valence-corrected chi connectivity index (χ4v) is 5.08. The number of hydrogen-bond donors (Lipinski definition) is 1. The van der Waals surface area contributed by atoms with E-state index in [2.05, 4.69) is 10.8 Å². The maximum atomic E-state index is 13.2. The highest BCUT2D eigenvalue weighted by Gasteiger charge is 2.27. The first-order chi connectivity index (χ1) is 15.9. The van der Waals surface area contributed by atoms with Gasteiger partial charge in [-0.3, -0.25) is 9.62 Å². The number of hydrogen-bond acceptors (Lipinski definition) is 4. The highest BCUT2D eigenvalue weighted by molar-refractivity contribution is 7.92. The minimum atomic E-state index is -3.83. The topological polar surface area (TPSA) is 93.5 Å². The molecule has 0 aliphatic carbocycles. The van der Waals surface area contributed by atoms with E-state index in [-0.39, 0.29) is 10.9 Å². The Morgan fingerprint density at radius 1 is 1.00 bits per heavy atom. The van der Waals surface area contributed by atoms with Gasteiger partial charge in [0.2, 0.25) is 0 Å². The SMILES string of the molecule is N#Cc1ccccc1CN1CCCN(c2cccc(NS(=O)(=O)c3cccc(Cl)c3)c2)C1=O. The van der Waals surface area contributed by atoms with Crippen LogP contribution >= 0.6 is 11.6 Å². The van der Waals surface area contributed by atoms with Crippen molar-refractivity contribution in [2.24, 2.45) is 0 Å². The van der Waals surface area contributed by atoms with Gasteiger partial charge in [0.15, 0.2) is 0 Å². The summed E-state index contributed by atoms with van der Waals surface area (Å²) < 4.78 is 28.0. The van der Waals surface area contributed by atoms with Gasteiger partial charge >= 0.3 is 6.03 Å². The summed E-state index contributed by atoms with van der Waals surface area (Å²) in [5.74, 6) is 0. The molecule has 7 nitrogen and oxygen atoms in total. The molecule has 0 atom stereocenters. The largest absolute Gasteiger partial charge is 0.324 e. The van der Waals surface area contributed by atoms with Gasteiger partial charge in [-0.2, -0.15) is 5.26 Å². The molecule has 2 amide bonds. The lowest BCUT2D eigenvalue weighted by molar-refractivity contribution is 0.192. The number of anilines is 2. The van der Waals surface area contributed by atoms with E-state index in [4.69, 9.17) is 11.6 Å². The first-order valence-corrected chi connectivity index (χ1v) is 12.2. The molecule has 1 aliphatic rings. The number of rotatable bonds is 6. The van der Waals surface area contributed by atoms with Crippen LogP contribution in [-0.2, 0) is 16.6 Å². The van der Waals surface area contributed by atoms with Gasteiger partial charge in [-0.15, -0.1) is 0 Å². The molecule has 1 fully saturated rings. The summed E-state index contributed by atoms with van der Waals surface area (Å²) >= 11 is 5.93. The lowest BCUT2D eigenvalue weighted by Gasteiger charge is -2.36. The summed E-state index contributed by atoms with van der Waals surface area (Å²) in [6.07, 6.45) is 0.749. The van der Waals surface area contributed by atoms with E-state index in [0.717, 1.165) is 12.0 Å². The van der Waals surface area contributed by atoms with Crippen molar-refractivity contribution in [1.82, 2.24) is 4.90 Å². The van der Waals surface area contributed by atoms with Crippen LogP contribution in [0, 0.1) is 11.3 Å². The van der Waals surface area contributed by atoms with Gasteiger partial charge in [0, 0.05) is 30.3 Å². The number of nitrogens with one attached hydrogen (secondary N) is 1. The third-order valence-corrected chi connectivity index (χ3v) is 6.94. The number of halogens is 1. The van der Waals surface area contributed by atoms with Crippen molar-refractivity contribution in [3.05, 3.63) is 88.9 Å². The van der Waals surface area contributed by atoms with Crippen molar-refractivity contribution in [2.75, 3.05) is 22.7 Å². The second-order valence-electron chi connectivity index (χ2n) is 7.59. The first-order valence-electron chi connectivity index (χ1n) is 10.3. The molecule has 1 saturated heterocycles. The molecule has 3 aromatic carbocycles. The van der Waals surface area contributed by atoms with Crippen molar-refractivity contribution >= 4 is 39.0 Å². The molecule has 0 spiro atoms. The molecule has 1 heterocycles. The Labute approximate surface area is 197 Å². The lowest BCUT2D eigenvalue weighted by Crippen LogP contribution is -2.49. The number of benzene rings is 3. The van der Waals surface area contributed by atoms with E-state index in [9.17, 15) is 18.5 Å². The highest BCUT2D eigenvalue weighted by Crippen LogP contribution is 2.26. The molecule has 4 rings (SSSR count). The predicted octanol–water partition coefficient (Wildman–Crippen LogP) is 4.84. The maximum Gasteiger partial charge on any atom is 0.324 e. The van der Waals surface area contributed by atoms with Gasteiger partial charge in [0.1, 0.15) is 0 Å². The Kier molecular flexibility index (Phi) is 6.54. The molecule has 0 bridgehead atoms. The summed E-state index contributed by atoms with van der Waals surface area (Å²) in [6.45, 7) is 1.43. The van der Waals surface area contributed by atoms with Gasteiger partial charge in [-0.05, 0) is 54.4 Å².